The molecule has 1 saturated heterocycles. The summed E-state index contributed by atoms with van der Waals surface area (Å²) in [6.45, 7) is 1.35. The fourth-order valence-corrected chi connectivity index (χ4v) is 4.65. The van der Waals surface area contributed by atoms with Crippen LogP contribution in [0.5, 0.6) is 5.75 Å². The summed E-state index contributed by atoms with van der Waals surface area (Å²) in [4.78, 5) is 15.0. The summed E-state index contributed by atoms with van der Waals surface area (Å²) >= 11 is 0. The molecule has 0 bridgehead atoms. The number of anilines is 1. The van der Waals surface area contributed by atoms with Crippen LogP contribution in [-0.2, 0) is 6.54 Å². The van der Waals surface area contributed by atoms with Crippen molar-refractivity contribution in [2.24, 2.45) is 5.92 Å². The van der Waals surface area contributed by atoms with E-state index in [1.54, 1.807) is 26.0 Å². The minimum Gasteiger partial charge on any atom is -0.434 e. The Kier molecular flexibility index (Phi) is 8.39. The van der Waals surface area contributed by atoms with Crippen LogP contribution in [-0.4, -0.2) is 62.7 Å². The number of likely N-dealkylation sites (tertiary alicyclic amines) is 1. The number of rotatable bonds is 9. The van der Waals surface area contributed by atoms with Crippen molar-refractivity contribution in [2.45, 2.75) is 45.4 Å². The number of hydrogen-bond donors (Lipinski definition) is 3. The van der Waals surface area contributed by atoms with Gasteiger partial charge in [0.2, 0.25) is 0 Å². The number of aliphatic hydroxyl groups excluding tert-OH is 1. The van der Waals surface area contributed by atoms with Crippen molar-refractivity contribution in [2.75, 3.05) is 25.0 Å². The van der Waals surface area contributed by atoms with Gasteiger partial charge in [-0.1, -0.05) is 6.07 Å². The summed E-state index contributed by atoms with van der Waals surface area (Å²) in [7, 11) is 0. The average molecular weight is 533 g/mol. The summed E-state index contributed by atoms with van der Waals surface area (Å²) in [5.41, 5.74) is 0.829. The molecule has 8 nitrogen and oxygen atoms in total. The highest BCUT2D eigenvalue weighted by Crippen LogP contribution is 2.31. The predicted octanol–water partition coefficient (Wildman–Crippen LogP) is 4.13. The number of aromatic nitrogens is 2. The number of nitrogens with one attached hydrogen (secondary N) is 1. The number of carbonyl (C=O) groups is 1. The SMILES string of the molecule is Cc1nn(-c2ccc(F)cc2)cc1C(=O)Nc1ccc(CN2CCC[C@H]([C@](C)(O)CO)C2)c(OC(F)F)c1. The van der Waals surface area contributed by atoms with Crippen molar-refractivity contribution in [3.8, 4) is 11.4 Å². The molecule has 2 atom stereocenters. The fourth-order valence-electron chi connectivity index (χ4n) is 4.65. The van der Waals surface area contributed by atoms with Crippen LogP contribution in [0.2, 0.25) is 0 Å². The molecular weight excluding hydrogens is 501 g/mol. The lowest BCUT2D eigenvalue weighted by Gasteiger charge is -2.39. The van der Waals surface area contributed by atoms with E-state index >= 15 is 0 Å². The van der Waals surface area contributed by atoms with Crippen molar-refractivity contribution in [1.82, 2.24) is 14.7 Å². The Balaban J connectivity index is 1.50. The van der Waals surface area contributed by atoms with Crippen molar-refractivity contribution < 1.29 is 32.9 Å². The number of carbonyl (C=O) groups excluding carboxylic acids is 1. The minimum atomic E-state index is -3.06. The number of benzene rings is 2. The fraction of sp³-hybridized carbons (Fsp3) is 0.407. The van der Waals surface area contributed by atoms with E-state index in [0.717, 1.165) is 12.8 Å². The van der Waals surface area contributed by atoms with E-state index < -0.39 is 23.9 Å². The van der Waals surface area contributed by atoms with Crippen LogP contribution in [0, 0.1) is 18.7 Å². The van der Waals surface area contributed by atoms with E-state index in [2.05, 4.69) is 10.4 Å². The second kappa shape index (κ2) is 11.5. The molecule has 0 aliphatic carbocycles. The summed E-state index contributed by atoms with van der Waals surface area (Å²) < 4.78 is 45.9. The van der Waals surface area contributed by atoms with Gasteiger partial charge in [-0.3, -0.25) is 9.69 Å². The van der Waals surface area contributed by atoms with E-state index in [4.69, 9.17) is 4.74 Å². The molecular formula is C27H31F3N4O4. The number of ether oxygens (including phenoxy) is 1. The molecule has 0 saturated carbocycles. The van der Waals surface area contributed by atoms with Crippen molar-refractivity contribution in [3.05, 3.63) is 71.3 Å². The first-order valence-electron chi connectivity index (χ1n) is 12.3. The predicted molar refractivity (Wildman–Crippen MR) is 135 cm³/mol. The molecule has 2 heterocycles. The highest BCUT2D eigenvalue weighted by molar-refractivity contribution is 6.05. The third-order valence-electron chi connectivity index (χ3n) is 6.87. The van der Waals surface area contributed by atoms with Crippen LogP contribution in [0.15, 0.2) is 48.7 Å². The van der Waals surface area contributed by atoms with Gasteiger partial charge in [0.05, 0.1) is 29.2 Å². The molecule has 38 heavy (non-hydrogen) atoms. The zero-order valence-corrected chi connectivity index (χ0v) is 21.2. The van der Waals surface area contributed by atoms with Crippen LogP contribution in [0.3, 0.4) is 0 Å². The molecule has 2 aromatic carbocycles. The number of amides is 1. The van der Waals surface area contributed by atoms with Crippen LogP contribution in [0.1, 0.15) is 41.4 Å². The lowest BCUT2D eigenvalue weighted by molar-refractivity contribution is -0.0702. The Morgan fingerprint density at radius 1 is 1.26 bits per heavy atom. The maximum absolute atomic E-state index is 13.2. The summed E-state index contributed by atoms with van der Waals surface area (Å²) in [6, 6.07) is 10.2. The highest BCUT2D eigenvalue weighted by atomic mass is 19.3. The third-order valence-corrected chi connectivity index (χ3v) is 6.87. The van der Waals surface area contributed by atoms with Crippen molar-refractivity contribution in [3.63, 3.8) is 0 Å². The van der Waals surface area contributed by atoms with Gasteiger partial charge in [0, 0.05) is 42.5 Å². The molecule has 11 heteroatoms. The second-order valence-corrected chi connectivity index (χ2v) is 9.79. The number of piperidine rings is 1. The van der Waals surface area contributed by atoms with Crippen molar-refractivity contribution in [1.29, 1.82) is 0 Å². The van der Waals surface area contributed by atoms with Crippen LogP contribution < -0.4 is 10.1 Å². The van der Waals surface area contributed by atoms with E-state index in [1.807, 2.05) is 4.90 Å². The second-order valence-electron chi connectivity index (χ2n) is 9.79. The summed E-state index contributed by atoms with van der Waals surface area (Å²) in [5.74, 6) is -1.10. The molecule has 204 valence electrons. The van der Waals surface area contributed by atoms with Crippen molar-refractivity contribution >= 4 is 11.6 Å². The van der Waals surface area contributed by atoms with Crippen LogP contribution in [0.25, 0.3) is 5.69 Å². The van der Waals surface area contributed by atoms with Gasteiger partial charge in [-0.2, -0.15) is 13.9 Å². The van der Waals surface area contributed by atoms with Crippen LogP contribution >= 0.6 is 0 Å². The Morgan fingerprint density at radius 2 is 2.00 bits per heavy atom. The zero-order chi connectivity index (χ0) is 27.4. The van der Waals surface area contributed by atoms with E-state index in [-0.39, 0.29) is 29.5 Å². The lowest BCUT2D eigenvalue weighted by atomic mass is 9.83. The third kappa shape index (κ3) is 6.53. The highest BCUT2D eigenvalue weighted by Gasteiger charge is 2.34. The average Bonchev–Trinajstić information content (AvgIpc) is 3.27. The number of aliphatic hydroxyl groups is 2. The number of hydrogen-bond acceptors (Lipinski definition) is 6. The molecule has 0 radical (unpaired) electrons. The van der Waals surface area contributed by atoms with Gasteiger partial charge in [0.1, 0.15) is 11.6 Å². The van der Waals surface area contributed by atoms with Gasteiger partial charge in [-0.25, -0.2) is 9.07 Å². The molecule has 1 aromatic heterocycles. The first kappa shape index (κ1) is 27.6. The standard InChI is InChI=1S/C27H31F3N4O4/c1-17-23(15-34(32-17)22-9-6-20(28)7-10-22)25(36)31-21-8-5-18(24(12-21)38-26(29)30)13-33-11-3-4-19(14-33)27(2,37)16-35/h5-10,12,15,19,26,35,37H,3-4,11,13-14,16H2,1-2H3,(H,31,36)/t19-,27+/m0/s1. The lowest BCUT2D eigenvalue weighted by Crippen LogP contribution is -2.47. The normalized spacial score (nSPS) is 17.8. The molecule has 1 fully saturated rings. The molecule has 0 unspecified atom stereocenters. The van der Waals surface area contributed by atoms with Gasteiger partial charge in [0.15, 0.2) is 0 Å². The molecule has 1 aliphatic heterocycles. The monoisotopic (exact) mass is 532 g/mol. The van der Waals surface area contributed by atoms with E-state index in [1.165, 1.54) is 41.2 Å². The molecule has 4 rings (SSSR count). The Labute approximate surface area is 218 Å². The number of aryl methyl sites for hydroxylation is 1. The smallest absolute Gasteiger partial charge is 0.387 e. The zero-order valence-electron chi connectivity index (χ0n) is 21.2. The Morgan fingerprint density at radius 3 is 2.68 bits per heavy atom. The molecule has 1 aliphatic rings. The van der Waals surface area contributed by atoms with Gasteiger partial charge >= 0.3 is 6.61 Å². The minimum absolute atomic E-state index is 0.0624. The topological polar surface area (TPSA) is 99.9 Å². The maximum atomic E-state index is 13.2. The molecule has 1 amide bonds. The Bertz CT molecular complexity index is 1260. The van der Waals surface area contributed by atoms with E-state index in [9.17, 15) is 28.2 Å². The van der Waals surface area contributed by atoms with Gasteiger partial charge in [-0.15, -0.1) is 0 Å². The van der Waals surface area contributed by atoms with Gasteiger partial charge in [-0.05, 0) is 63.6 Å². The number of halogens is 3. The largest absolute Gasteiger partial charge is 0.434 e. The molecule has 0 spiro atoms. The van der Waals surface area contributed by atoms with E-state index in [0.29, 0.717) is 36.6 Å². The first-order chi connectivity index (χ1) is 18.1. The summed E-state index contributed by atoms with van der Waals surface area (Å²) in [6.07, 6.45) is 3.06. The summed E-state index contributed by atoms with van der Waals surface area (Å²) in [5, 5.41) is 27.0. The maximum Gasteiger partial charge on any atom is 0.387 e. The molecule has 3 aromatic rings. The van der Waals surface area contributed by atoms with Gasteiger partial charge < -0.3 is 20.3 Å². The molecule has 3 N–H and O–H groups in total. The Hall–Kier alpha value is -3.41. The quantitative estimate of drug-likeness (QED) is 0.383. The number of nitrogens with zero attached hydrogens (tertiary/aromatic N) is 3. The first-order valence-corrected chi connectivity index (χ1v) is 12.3. The number of alkyl halides is 2. The van der Waals surface area contributed by atoms with Gasteiger partial charge in [0.25, 0.3) is 5.91 Å². The van der Waals surface area contributed by atoms with Crippen LogP contribution in [0.4, 0.5) is 18.9 Å².